The molecule has 0 aliphatic carbocycles. The quantitative estimate of drug-likeness (QED) is 0.551. The number of nitrogens with zero attached hydrogens (tertiary/aromatic N) is 2. The van der Waals surface area contributed by atoms with Crippen LogP contribution in [0.5, 0.6) is 5.75 Å². The second-order valence-electron chi connectivity index (χ2n) is 7.22. The van der Waals surface area contributed by atoms with E-state index >= 15 is 0 Å². The van der Waals surface area contributed by atoms with Crippen LogP contribution in [0.25, 0.3) is 0 Å². The molecule has 1 aliphatic rings. The highest BCUT2D eigenvalue weighted by Gasteiger charge is 2.35. The first-order valence-corrected chi connectivity index (χ1v) is 12.6. The van der Waals surface area contributed by atoms with Crippen LogP contribution in [-0.4, -0.2) is 37.9 Å². The zero-order valence-corrected chi connectivity index (χ0v) is 19.3. The second-order valence-corrected chi connectivity index (χ2v) is 10.2. The summed E-state index contributed by atoms with van der Waals surface area (Å²) in [4.78, 5) is 13.8. The SMILES string of the molecule is CCS(=O)(=O)Nc1ccc(C2=NN(C(=O)c3cccs3)C(c3ccccc3OC)C2)cc1. The number of rotatable bonds is 7. The molecule has 2 aromatic carbocycles. The number of methoxy groups -OCH3 is 1. The lowest BCUT2D eigenvalue weighted by molar-refractivity contribution is 0.0714. The number of ether oxygens (including phenoxy) is 1. The average molecular weight is 470 g/mol. The first kappa shape index (κ1) is 22.0. The summed E-state index contributed by atoms with van der Waals surface area (Å²) in [6, 6.07) is 18.0. The number of hydrazone groups is 1. The summed E-state index contributed by atoms with van der Waals surface area (Å²) in [5, 5.41) is 8.06. The lowest BCUT2D eigenvalue weighted by atomic mass is 9.97. The number of hydrogen-bond donors (Lipinski definition) is 1. The smallest absolute Gasteiger partial charge is 0.284 e. The summed E-state index contributed by atoms with van der Waals surface area (Å²) in [5.74, 6) is 0.530. The molecule has 0 radical (unpaired) electrons. The van der Waals surface area contributed by atoms with E-state index in [4.69, 9.17) is 4.74 Å². The minimum Gasteiger partial charge on any atom is -0.496 e. The Morgan fingerprint density at radius 2 is 1.91 bits per heavy atom. The van der Waals surface area contributed by atoms with Gasteiger partial charge in [-0.2, -0.15) is 5.10 Å². The monoisotopic (exact) mass is 469 g/mol. The maximum Gasteiger partial charge on any atom is 0.284 e. The van der Waals surface area contributed by atoms with E-state index in [2.05, 4.69) is 9.82 Å². The van der Waals surface area contributed by atoms with Crippen molar-refractivity contribution in [2.45, 2.75) is 19.4 Å². The summed E-state index contributed by atoms with van der Waals surface area (Å²) in [7, 11) is -1.74. The maximum atomic E-state index is 13.2. The molecular weight excluding hydrogens is 446 g/mol. The summed E-state index contributed by atoms with van der Waals surface area (Å²) in [6.07, 6.45) is 0.511. The molecule has 0 saturated heterocycles. The Hall–Kier alpha value is -3.17. The Morgan fingerprint density at radius 3 is 2.56 bits per heavy atom. The number of carbonyl (C=O) groups excluding carboxylic acids is 1. The molecule has 0 fully saturated rings. The van der Waals surface area contributed by atoms with Gasteiger partial charge in [-0.3, -0.25) is 9.52 Å². The second kappa shape index (κ2) is 9.13. The Balaban J connectivity index is 1.67. The predicted molar refractivity (Wildman–Crippen MR) is 127 cm³/mol. The van der Waals surface area contributed by atoms with Crippen LogP contribution in [0.15, 0.2) is 71.1 Å². The van der Waals surface area contributed by atoms with Crippen molar-refractivity contribution >= 4 is 38.7 Å². The molecule has 1 aliphatic heterocycles. The van der Waals surface area contributed by atoms with Gasteiger partial charge < -0.3 is 4.74 Å². The van der Waals surface area contributed by atoms with E-state index in [0.717, 1.165) is 16.8 Å². The molecule has 0 spiro atoms. The first-order valence-electron chi connectivity index (χ1n) is 10.1. The molecule has 1 unspecified atom stereocenters. The van der Waals surface area contributed by atoms with Crippen LogP contribution in [0.4, 0.5) is 5.69 Å². The van der Waals surface area contributed by atoms with E-state index in [1.165, 1.54) is 16.3 Å². The van der Waals surface area contributed by atoms with Crippen LogP contribution < -0.4 is 9.46 Å². The van der Waals surface area contributed by atoms with Crippen LogP contribution >= 0.6 is 11.3 Å². The predicted octanol–water partition coefficient (Wildman–Crippen LogP) is 4.51. The molecule has 0 saturated carbocycles. The molecule has 9 heteroatoms. The first-order chi connectivity index (χ1) is 15.4. The van der Waals surface area contributed by atoms with E-state index in [-0.39, 0.29) is 17.7 Å². The number of anilines is 1. The number of para-hydroxylation sites is 1. The number of nitrogens with one attached hydrogen (secondary N) is 1. The molecule has 1 atom stereocenters. The van der Waals surface area contributed by atoms with Gasteiger partial charge in [0.05, 0.1) is 29.5 Å². The van der Waals surface area contributed by atoms with Gasteiger partial charge >= 0.3 is 0 Å². The fourth-order valence-corrected chi connectivity index (χ4v) is 4.85. The molecule has 4 rings (SSSR count). The van der Waals surface area contributed by atoms with Crippen molar-refractivity contribution in [3.63, 3.8) is 0 Å². The molecule has 166 valence electrons. The molecule has 1 aromatic heterocycles. The fraction of sp³-hybridized carbons (Fsp3) is 0.217. The average Bonchev–Trinajstić information content (AvgIpc) is 3.49. The van der Waals surface area contributed by atoms with Gasteiger partial charge in [0.1, 0.15) is 5.75 Å². The highest BCUT2D eigenvalue weighted by molar-refractivity contribution is 7.92. The largest absolute Gasteiger partial charge is 0.496 e. The Bertz CT molecular complexity index is 1240. The lowest BCUT2D eigenvalue weighted by Gasteiger charge is -2.23. The van der Waals surface area contributed by atoms with E-state index in [0.29, 0.717) is 22.7 Å². The van der Waals surface area contributed by atoms with Gasteiger partial charge in [-0.25, -0.2) is 13.4 Å². The standard InChI is InChI=1S/C23H23N3O4S2/c1-3-32(28,29)25-17-12-10-16(11-13-17)19-15-20(18-7-4-5-8-21(18)30-2)26(24-19)23(27)22-9-6-14-31-22/h4-14,20,25H,3,15H2,1-2H3. The van der Waals surface area contributed by atoms with Gasteiger partial charge in [-0.05, 0) is 42.1 Å². The topological polar surface area (TPSA) is 88.1 Å². The van der Waals surface area contributed by atoms with Crippen molar-refractivity contribution in [1.82, 2.24) is 5.01 Å². The summed E-state index contributed by atoms with van der Waals surface area (Å²) < 4.78 is 31.7. The Kier molecular flexibility index (Phi) is 6.29. The summed E-state index contributed by atoms with van der Waals surface area (Å²) in [5.41, 5.74) is 2.94. The lowest BCUT2D eigenvalue weighted by Crippen LogP contribution is -2.26. The van der Waals surface area contributed by atoms with Gasteiger partial charge in [0.2, 0.25) is 10.0 Å². The minimum absolute atomic E-state index is 0.00183. The van der Waals surface area contributed by atoms with E-state index in [1.807, 2.05) is 47.8 Å². The molecule has 7 nitrogen and oxygen atoms in total. The van der Waals surface area contributed by atoms with Crippen molar-refractivity contribution in [2.75, 3.05) is 17.6 Å². The summed E-state index contributed by atoms with van der Waals surface area (Å²) in [6.45, 7) is 1.58. The highest BCUT2D eigenvalue weighted by Crippen LogP contribution is 2.38. The van der Waals surface area contributed by atoms with Crippen molar-refractivity contribution < 1.29 is 17.9 Å². The number of thiophene rings is 1. The highest BCUT2D eigenvalue weighted by atomic mass is 32.2. The zero-order chi connectivity index (χ0) is 22.7. The number of amides is 1. The van der Waals surface area contributed by atoms with Gasteiger partial charge in [-0.15, -0.1) is 11.3 Å². The number of carbonyl (C=O) groups is 1. The van der Waals surface area contributed by atoms with Crippen molar-refractivity contribution in [3.05, 3.63) is 82.0 Å². The molecule has 1 N–H and O–H groups in total. The number of benzene rings is 2. The zero-order valence-electron chi connectivity index (χ0n) is 17.7. The van der Waals surface area contributed by atoms with Gasteiger partial charge in [0.15, 0.2) is 0 Å². The van der Waals surface area contributed by atoms with Crippen LogP contribution in [-0.2, 0) is 10.0 Å². The normalized spacial score (nSPS) is 16.0. The van der Waals surface area contributed by atoms with Gasteiger partial charge in [0, 0.05) is 17.7 Å². The Labute approximate surface area is 191 Å². The molecule has 3 aromatic rings. The van der Waals surface area contributed by atoms with Crippen LogP contribution in [0.3, 0.4) is 0 Å². The third-order valence-corrected chi connectivity index (χ3v) is 7.38. The van der Waals surface area contributed by atoms with Crippen molar-refractivity contribution in [1.29, 1.82) is 0 Å². The molecular formula is C23H23N3O4S2. The van der Waals surface area contributed by atoms with Crippen molar-refractivity contribution in [3.8, 4) is 5.75 Å². The van der Waals surface area contributed by atoms with E-state index in [1.54, 1.807) is 32.2 Å². The van der Waals surface area contributed by atoms with E-state index < -0.39 is 10.0 Å². The molecule has 0 bridgehead atoms. The molecule has 32 heavy (non-hydrogen) atoms. The van der Waals surface area contributed by atoms with Gasteiger partial charge in [-0.1, -0.05) is 36.4 Å². The fourth-order valence-electron chi connectivity index (χ4n) is 3.55. The van der Waals surface area contributed by atoms with Gasteiger partial charge in [0.25, 0.3) is 5.91 Å². The van der Waals surface area contributed by atoms with E-state index in [9.17, 15) is 13.2 Å². The number of hydrogen-bond acceptors (Lipinski definition) is 6. The summed E-state index contributed by atoms with van der Waals surface area (Å²) >= 11 is 1.37. The third kappa shape index (κ3) is 4.53. The number of sulfonamides is 1. The molecule has 2 heterocycles. The van der Waals surface area contributed by atoms with Crippen LogP contribution in [0.1, 0.15) is 40.2 Å². The minimum atomic E-state index is -3.35. The maximum absolute atomic E-state index is 13.2. The third-order valence-electron chi connectivity index (χ3n) is 5.22. The van der Waals surface area contributed by atoms with Crippen LogP contribution in [0.2, 0.25) is 0 Å². The Morgan fingerprint density at radius 1 is 1.16 bits per heavy atom. The van der Waals surface area contributed by atoms with Crippen LogP contribution in [0, 0.1) is 0 Å². The van der Waals surface area contributed by atoms with Crippen molar-refractivity contribution in [2.24, 2.45) is 5.10 Å². The molecule has 1 amide bonds.